The molecule has 20 aromatic rings. The van der Waals surface area contributed by atoms with E-state index in [2.05, 4.69) is 368 Å². The summed E-state index contributed by atoms with van der Waals surface area (Å²) in [5.41, 5.74) is 23.6. The predicted octanol–water partition coefficient (Wildman–Crippen LogP) is 26.7. The molecular weight excluding hydrogens is 1310 g/mol. The molecule has 108 heavy (non-hydrogen) atoms. The second-order valence-corrected chi connectivity index (χ2v) is 27.3. The summed E-state index contributed by atoms with van der Waals surface area (Å²) in [6.07, 6.45) is 9.56. The number of fused-ring (bicyclic) bond motifs is 7. The average molecular weight is 1380 g/mol. The Bertz CT molecular complexity index is 6680. The Morgan fingerprint density at radius 1 is 0.176 bits per heavy atom. The molecule has 0 saturated heterocycles. The zero-order chi connectivity index (χ0) is 71.7. The van der Waals surface area contributed by atoms with Crippen LogP contribution in [0.2, 0.25) is 0 Å². The van der Waals surface area contributed by atoms with Crippen molar-refractivity contribution in [3.63, 3.8) is 0 Å². The second kappa shape index (κ2) is 28.3. The first-order valence-corrected chi connectivity index (χ1v) is 36.5. The fraction of sp³-hybridized carbons (Fsp3) is 0. The van der Waals surface area contributed by atoms with Crippen molar-refractivity contribution in [1.29, 1.82) is 0 Å². The van der Waals surface area contributed by atoms with Crippen molar-refractivity contribution in [2.75, 3.05) is 0 Å². The van der Waals surface area contributed by atoms with E-state index in [0.29, 0.717) is 11.6 Å². The van der Waals surface area contributed by atoms with E-state index < -0.39 is 0 Å². The lowest BCUT2D eigenvalue weighted by Crippen LogP contribution is -1.98. The van der Waals surface area contributed by atoms with Crippen LogP contribution < -0.4 is 0 Å². The molecule has 0 N–H and O–H groups in total. The number of aromatic nitrogens is 6. The third kappa shape index (κ3) is 12.4. The van der Waals surface area contributed by atoms with Crippen LogP contribution in [0.1, 0.15) is 0 Å². The van der Waals surface area contributed by atoms with E-state index >= 15 is 0 Å². The SMILES string of the molecule is c1cc(-c2cc(-c3ccc(-c4cncc5ccccc45)cc3)nc(-c3ccc(-c4ccc5ccccc5c4)cc3)n2)cc(-c2cc3ccccc3c3ccccc23)c1.c1ccc(-c2ccc(-c3nc(-c4c5ccccc5c(-c5ccccc5)c5ccccc45)ncc3-c3ccc(-c4cccnc4)cc3)cc2)cc1. The van der Waals surface area contributed by atoms with Gasteiger partial charge in [-0.25, -0.2) is 19.9 Å². The van der Waals surface area contributed by atoms with Crippen LogP contribution in [-0.4, -0.2) is 29.9 Å². The monoisotopic (exact) mass is 1370 g/mol. The van der Waals surface area contributed by atoms with Gasteiger partial charge in [-0.1, -0.05) is 340 Å². The molecule has 0 amide bonds. The molecule has 16 aromatic carbocycles. The lowest BCUT2D eigenvalue weighted by atomic mass is 9.88. The highest BCUT2D eigenvalue weighted by molar-refractivity contribution is 6.21. The van der Waals surface area contributed by atoms with Gasteiger partial charge in [0, 0.05) is 75.3 Å². The highest BCUT2D eigenvalue weighted by atomic mass is 14.9. The largest absolute Gasteiger partial charge is 0.264 e. The number of pyridine rings is 2. The van der Waals surface area contributed by atoms with Crippen LogP contribution in [0, 0.1) is 0 Å². The molecule has 0 radical (unpaired) electrons. The van der Waals surface area contributed by atoms with Crippen LogP contribution in [0.5, 0.6) is 0 Å². The van der Waals surface area contributed by atoms with Gasteiger partial charge < -0.3 is 0 Å². The highest BCUT2D eigenvalue weighted by Gasteiger charge is 2.22. The van der Waals surface area contributed by atoms with Crippen molar-refractivity contribution >= 4 is 64.6 Å². The maximum Gasteiger partial charge on any atom is 0.161 e. The number of nitrogens with zero attached hydrogens (tertiary/aromatic N) is 6. The van der Waals surface area contributed by atoms with E-state index in [1.807, 2.05) is 36.9 Å². The molecule has 0 bridgehead atoms. The lowest BCUT2D eigenvalue weighted by Gasteiger charge is -2.18. The first kappa shape index (κ1) is 64.4. The maximum atomic E-state index is 5.45. The summed E-state index contributed by atoms with van der Waals surface area (Å²) in [6.45, 7) is 0. The number of hydrogen-bond donors (Lipinski definition) is 0. The van der Waals surface area contributed by atoms with E-state index in [1.165, 1.54) is 81.9 Å². The summed E-state index contributed by atoms with van der Waals surface area (Å²) in [5, 5.41) is 14.4. The quantitative estimate of drug-likeness (QED) is 0.0896. The second-order valence-electron chi connectivity index (χ2n) is 27.3. The van der Waals surface area contributed by atoms with E-state index in [0.717, 1.165) is 106 Å². The molecule has 20 rings (SSSR count). The Kier molecular flexibility index (Phi) is 16.9. The van der Waals surface area contributed by atoms with Gasteiger partial charge in [-0.3, -0.25) is 9.97 Å². The van der Waals surface area contributed by atoms with Crippen molar-refractivity contribution < 1.29 is 0 Å². The van der Waals surface area contributed by atoms with Gasteiger partial charge in [-0.15, -0.1) is 0 Å². The van der Waals surface area contributed by atoms with Crippen LogP contribution in [0.25, 0.3) is 199 Å². The molecule has 0 spiro atoms. The van der Waals surface area contributed by atoms with Crippen LogP contribution in [0.15, 0.2) is 401 Å². The van der Waals surface area contributed by atoms with Gasteiger partial charge >= 0.3 is 0 Å². The van der Waals surface area contributed by atoms with E-state index in [-0.39, 0.29) is 0 Å². The minimum atomic E-state index is 0.682. The van der Waals surface area contributed by atoms with Crippen molar-refractivity contribution in [3.8, 4) is 134 Å². The van der Waals surface area contributed by atoms with Crippen molar-refractivity contribution in [2.45, 2.75) is 0 Å². The molecule has 0 aliphatic heterocycles. The van der Waals surface area contributed by atoms with Gasteiger partial charge in [0.15, 0.2) is 11.6 Å². The van der Waals surface area contributed by atoms with E-state index in [4.69, 9.17) is 19.9 Å². The highest BCUT2D eigenvalue weighted by Crippen LogP contribution is 2.45. The fourth-order valence-corrected chi connectivity index (χ4v) is 15.4. The molecule has 0 aliphatic carbocycles. The van der Waals surface area contributed by atoms with Gasteiger partial charge in [0.2, 0.25) is 0 Å². The maximum absolute atomic E-state index is 5.45. The van der Waals surface area contributed by atoms with Crippen LogP contribution in [-0.2, 0) is 0 Å². The van der Waals surface area contributed by atoms with Crippen LogP contribution in [0.4, 0.5) is 0 Å². The minimum Gasteiger partial charge on any atom is -0.264 e. The first-order chi connectivity index (χ1) is 53.5. The summed E-state index contributed by atoms with van der Waals surface area (Å²) >= 11 is 0. The molecule has 0 fully saturated rings. The molecule has 0 saturated carbocycles. The minimum absolute atomic E-state index is 0.682. The fourth-order valence-electron chi connectivity index (χ4n) is 15.4. The third-order valence-electron chi connectivity index (χ3n) is 20.8. The topological polar surface area (TPSA) is 77.3 Å². The van der Waals surface area contributed by atoms with Gasteiger partial charge in [-0.2, -0.15) is 0 Å². The summed E-state index contributed by atoms with van der Waals surface area (Å²) in [6, 6.07) is 131. The Hall–Kier alpha value is -14.5. The summed E-state index contributed by atoms with van der Waals surface area (Å²) in [5.74, 6) is 1.39. The Morgan fingerprint density at radius 2 is 0.648 bits per heavy atom. The normalized spacial score (nSPS) is 11.3. The molecule has 4 aromatic heterocycles. The van der Waals surface area contributed by atoms with Gasteiger partial charge in [0.25, 0.3) is 0 Å². The summed E-state index contributed by atoms with van der Waals surface area (Å²) < 4.78 is 0. The van der Waals surface area contributed by atoms with Crippen LogP contribution in [0.3, 0.4) is 0 Å². The molecule has 6 nitrogen and oxygen atoms in total. The first-order valence-electron chi connectivity index (χ1n) is 36.5. The molecule has 504 valence electrons. The predicted molar refractivity (Wildman–Crippen MR) is 450 cm³/mol. The van der Waals surface area contributed by atoms with Crippen molar-refractivity contribution in [3.05, 3.63) is 401 Å². The van der Waals surface area contributed by atoms with Crippen LogP contribution >= 0.6 is 0 Å². The lowest BCUT2D eigenvalue weighted by molar-refractivity contribution is 1.18. The van der Waals surface area contributed by atoms with E-state index in [1.54, 1.807) is 6.20 Å². The average Bonchev–Trinajstić information content (AvgIpc) is 0.732. The molecule has 4 heterocycles. The zero-order valence-electron chi connectivity index (χ0n) is 58.8. The van der Waals surface area contributed by atoms with Crippen molar-refractivity contribution in [2.24, 2.45) is 0 Å². The summed E-state index contributed by atoms with van der Waals surface area (Å²) in [4.78, 5) is 29.9. The standard InChI is InChI=1S/C55H35N3.C47H31N3/c1-2-11-41-30-42(29-22-36(41)10-1)37-20-27-40(28-21-37)55-57-53(39-25-23-38(24-26-39)52-35-56-34-46-13-4-6-17-48(46)52)33-54(58-55)45-15-9-14-43(31-45)51-32-44-12-3-5-16-47(44)49-18-7-8-19-50(49)51;1-3-12-32(13-4-1)33-23-27-37(28-24-33)46-43(35-25-21-34(22-26-35)38-16-11-29-48-30-38)31-49-47(50-46)45-41-19-9-7-17-39(41)44(36-14-5-2-6-15-36)40-18-8-10-20-42(40)45/h1-35H;1-31H. The van der Waals surface area contributed by atoms with Crippen molar-refractivity contribution in [1.82, 2.24) is 29.9 Å². The molecule has 0 unspecified atom stereocenters. The molecular formula is C102H66N6. The summed E-state index contributed by atoms with van der Waals surface area (Å²) in [7, 11) is 0. The Balaban J connectivity index is 0.000000149. The Morgan fingerprint density at radius 3 is 1.32 bits per heavy atom. The number of rotatable bonds is 12. The Labute approximate surface area is 626 Å². The number of hydrogen-bond acceptors (Lipinski definition) is 6. The smallest absolute Gasteiger partial charge is 0.161 e. The van der Waals surface area contributed by atoms with Gasteiger partial charge in [-0.05, 0) is 156 Å². The van der Waals surface area contributed by atoms with Gasteiger partial charge in [0.05, 0.1) is 17.1 Å². The third-order valence-corrected chi connectivity index (χ3v) is 20.8. The molecule has 0 aliphatic rings. The number of benzene rings is 16. The zero-order valence-corrected chi connectivity index (χ0v) is 58.8. The van der Waals surface area contributed by atoms with Gasteiger partial charge in [0.1, 0.15) is 0 Å². The molecule has 6 heteroatoms. The van der Waals surface area contributed by atoms with E-state index in [9.17, 15) is 0 Å². The molecule has 0 atom stereocenters.